The van der Waals surface area contributed by atoms with Crippen LogP contribution in [0.4, 0.5) is 0 Å². The van der Waals surface area contributed by atoms with Crippen LogP contribution in [0.1, 0.15) is 44.9 Å². The third-order valence-corrected chi connectivity index (χ3v) is 4.59. The number of nitrogens with two attached hydrogens (primary N) is 1. The highest BCUT2D eigenvalue weighted by molar-refractivity contribution is 6.31. The molecule has 1 saturated carbocycles. The Morgan fingerprint density at radius 3 is 2.80 bits per heavy atom. The minimum atomic E-state index is -0.483. The lowest BCUT2D eigenvalue weighted by atomic mass is 9.76. The maximum absolute atomic E-state index is 6.46. The molecule has 1 fully saturated rings. The Hall–Kier alpha value is -1.33. The van der Waals surface area contributed by atoms with Crippen LogP contribution in [0.5, 0.6) is 0 Å². The Bertz CT molecular complexity index is 585. The normalized spacial score (nSPS) is 26.9. The fraction of sp³-hybridized carbons (Fsp3) is 0.571. The molecular formula is C14H18ClN3O2. The van der Waals surface area contributed by atoms with E-state index in [1.54, 1.807) is 6.07 Å². The van der Waals surface area contributed by atoms with Crippen LogP contribution in [-0.4, -0.2) is 10.1 Å². The van der Waals surface area contributed by atoms with Crippen molar-refractivity contribution < 1.29 is 8.94 Å². The highest BCUT2D eigenvalue weighted by Gasteiger charge is 2.37. The van der Waals surface area contributed by atoms with Crippen molar-refractivity contribution in [3.8, 4) is 11.5 Å². The van der Waals surface area contributed by atoms with Gasteiger partial charge in [-0.25, -0.2) is 0 Å². The van der Waals surface area contributed by atoms with Crippen molar-refractivity contribution in [2.75, 3.05) is 0 Å². The van der Waals surface area contributed by atoms with Crippen molar-refractivity contribution in [2.24, 2.45) is 11.7 Å². The zero-order valence-corrected chi connectivity index (χ0v) is 12.2. The van der Waals surface area contributed by atoms with Gasteiger partial charge in [0.25, 0.3) is 5.89 Å². The molecule has 2 N–H and O–H groups in total. The molecule has 0 bridgehead atoms. The van der Waals surface area contributed by atoms with Gasteiger partial charge in [-0.1, -0.05) is 18.5 Å². The van der Waals surface area contributed by atoms with E-state index in [2.05, 4.69) is 17.1 Å². The summed E-state index contributed by atoms with van der Waals surface area (Å²) in [5, 5.41) is 4.30. The highest BCUT2D eigenvalue weighted by Crippen LogP contribution is 2.38. The Balaban J connectivity index is 1.82. The van der Waals surface area contributed by atoms with Crippen LogP contribution < -0.4 is 5.73 Å². The van der Waals surface area contributed by atoms with Crippen molar-refractivity contribution >= 4 is 11.6 Å². The van der Waals surface area contributed by atoms with Gasteiger partial charge in [0.2, 0.25) is 5.22 Å². The smallest absolute Gasteiger partial charge is 0.262 e. The molecule has 1 aliphatic rings. The summed E-state index contributed by atoms with van der Waals surface area (Å²) >= 11 is 5.92. The Labute approximate surface area is 122 Å². The molecule has 5 nitrogen and oxygen atoms in total. The van der Waals surface area contributed by atoms with Crippen LogP contribution >= 0.6 is 11.6 Å². The first-order chi connectivity index (χ1) is 9.62. The SMILES string of the molecule is CCC1CCC(N)(c2noc(-c3ccoc3Cl)n2)CC1. The third kappa shape index (κ3) is 2.36. The quantitative estimate of drug-likeness (QED) is 0.933. The van der Waals surface area contributed by atoms with Gasteiger partial charge in [0.1, 0.15) is 0 Å². The molecule has 1 aliphatic carbocycles. The predicted octanol–water partition coefficient (Wildman–Crippen LogP) is 3.74. The van der Waals surface area contributed by atoms with Gasteiger partial charge in [0.05, 0.1) is 17.4 Å². The Morgan fingerprint density at radius 1 is 1.45 bits per heavy atom. The van der Waals surface area contributed by atoms with E-state index in [1.165, 1.54) is 12.7 Å². The van der Waals surface area contributed by atoms with Crippen LogP contribution in [0.15, 0.2) is 21.3 Å². The van der Waals surface area contributed by atoms with E-state index < -0.39 is 5.54 Å². The highest BCUT2D eigenvalue weighted by atomic mass is 35.5. The molecule has 20 heavy (non-hydrogen) atoms. The van der Waals surface area contributed by atoms with Gasteiger partial charge < -0.3 is 14.7 Å². The predicted molar refractivity (Wildman–Crippen MR) is 75.1 cm³/mol. The first kappa shape index (κ1) is 13.6. The fourth-order valence-electron chi connectivity index (χ4n) is 2.81. The first-order valence-corrected chi connectivity index (χ1v) is 7.36. The first-order valence-electron chi connectivity index (χ1n) is 6.99. The summed E-state index contributed by atoms with van der Waals surface area (Å²) in [6.07, 6.45) is 6.71. The van der Waals surface area contributed by atoms with Crippen molar-refractivity contribution in [3.63, 3.8) is 0 Å². The second-order valence-electron chi connectivity index (χ2n) is 5.54. The van der Waals surface area contributed by atoms with E-state index in [-0.39, 0.29) is 5.22 Å². The Morgan fingerprint density at radius 2 is 2.20 bits per heavy atom. The van der Waals surface area contributed by atoms with Gasteiger partial charge in [-0.15, -0.1) is 0 Å². The van der Waals surface area contributed by atoms with E-state index in [9.17, 15) is 0 Å². The number of nitrogens with zero attached hydrogens (tertiary/aromatic N) is 2. The lowest BCUT2D eigenvalue weighted by Gasteiger charge is -2.34. The standard InChI is InChI=1S/C14H18ClN3O2/c1-2-9-3-6-14(16,7-4-9)13-17-12(20-18-13)10-5-8-19-11(10)15/h5,8-9H,2-4,6-7,16H2,1H3. The lowest BCUT2D eigenvalue weighted by Crippen LogP contribution is -2.41. The molecule has 3 rings (SSSR count). The molecule has 2 aromatic heterocycles. The summed E-state index contributed by atoms with van der Waals surface area (Å²) in [6, 6.07) is 1.71. The molecule has 2 heterocycles. The zero-order chi connectivity index (χ0) is 14.2. The monoisotopic (exact) mass is 295 g/mol. The van der Waals surface area contributed by atoms with Gasteiger partial charge in [0, 0.05) is 0 Å². The number of halogens is 1. The molecule has 0 aromatic carbocycles. The molecule has 0 unspecified atom stereocenters. The van der Waals surface area contributed by atoms with Crippen molar-refractivity contribution in [3.05, 3.63) is 23.4 Å². The molecule has 0 aliphatic heterocycles. The summed E-state index contributed by atoms with van der Waals surface area (Å²) in [5.41, 5.74) is 6.59. The maximum Gasteiger partial charge on any atom is 0.262 e. The lowest BCUT2D eigenvalue weighted by molar-refractivity contribution is 0.216. The zero-order valence-electron chi connectivity index (χ0n) is 11.4. The molecule has 108 valence electrons. The van der Waals surface area contributed by atoms with Crippen molar-refractivity contribution in [2.45, 2.75) is 44.6 Å². The number of hydrogen-bond donors (Lipinski definition) is 1. The molecular weight excluding hydrogens is 278 g/mol. The van der Waals surface area contributed by atoms with Crippen LogP contribution in [0.2, 0.25) is 5.22 Å². The van der Waals surface area contributed by atoms with Crippen LogP contribution in [-0.2, 0) is 5.54 Å². The molecule has 0 spiro atoms. The summed E-state index contributed by atoms with van der Waals surface area (Å²) in [7, 11) is 0. The second kappa shape index (κ2) is 5.22. The number of aromatic nitrogens is 2. The van der Waals surface area contributed by atoms with Gasteiger partial charge in [0.15, 0.2) is 5.82 Å². The van der Waals surface area contributed by atoms with E-state index >= 15 is 0 Å². The van der Waals surface area contributed by atoms with Crippen LogP contribution in [0, 0.1) is 5.92 Å². The minimum absolute atomic E-state index is 0.251. The Kier molecular flexibility index (Phi) is 3.56. The van der Waals surface area contributed by atoms with Gasteiger partial charge in [-0.3, -0.25) is 0 Å². The maximum atomic E-state index is 6.46. The van der Waals surface area contributed by atoms with E-state index in [4.69, 9.17) is 26.3 Å². The summed E-state index contributed by atoms with van der Waals surface area (Å²) < 4.78 is 10.3. The van der Waals surface area contributed by atoms with E-state index in [0.29, 0.717) is 17.3 Å². The molecule has 0 atom stereocenters. The fourth-order valence-corrected chi connectivity index (χ4v) is 3.00. The van der Waals surface area contributed by atoms with Gasteiger partial charge >= 0.3 is 0 Å². The topological polar surface area (TPSA) is 78.1 Å². The van der Waals surface area contributed by atoms with Crippen molar-refractivity contribution in [1.29, 1.82) is 0 Å². The number of furan rings is 1. The summed E-state index contributed by atoms with van der Waals surface area (Å²) in [6.45, 7) is 2.22. The summed E-state index contributed by atoms with van der Waals surface area (Å²) in [4.78, 5) is 4.41. The average Bonchev–Trinajstić information content (AvgIpc) is 3.08. The molecule has 2 aromatic rings. The number of hydrogen-bond acceptors (Lipinski definition) is 5. The molecule has 6 heteroatoms. The van der Waals surface area contributed by atoms with E-state index in [0.717, 1.165) is 31.6 Å². The van der Waals surface area contributed by atoms with Gasteiger partial charge in [-0.05, 0) is 49.3 Å². The molecule has 0 amide bonds. The van der Waals surface area contributed by atoms with E-state index in [1.807, 2.05) is 0 Å². The molecule has 0 radical (unpaired) electrons. The van der Waals surface area contributed by atoms with Crippen LogP contribution in [0.3, 0.4) is 0 Å². The van der Waals surface area contributed by atoms with Gasteiger partial charge in [-0.2, -0.15) is 4.98 Å². The second-order valence-corrected chi connectivity index (χ2v) is 5.88. The number of rotatable bonds is 3. The average molecular weight is 296 g/mol. The summed E-state index contributed by atoms with van der Waals surface area (Å²) in [5.74, 6) is 1.70. The van der Waals surface area contributed by atoms with Crippen LogP contribution in [0.25, 0.3) is 11.5 Å². The minimum Gasteiger partial charge on any atom is -0.452 e. The van der Waals surface area contributed by atoms with Crippen molar-refractivity contribution in [1.82, 2.24) is 10.1 Å². The third-order valence-electron chi connectivity index (χ3n) is 4.29. The molecule has 0 saturated heterocycles. The largest absolute Gasteiger partial charge is 0.452 e.